The first kappa shape index (κ1) is 15.6. The van der Waals surface area contributed by atoms with Crippen molar-refractivity contribution < 1.29 is 4.74 Å². The van der Waals surface area contributed by atoms with Gasteiger partial charge >= 0.3 is 0 Å². The molecule has 0 radical (unpaired) electrons. The first-order valence-electron chi connectivity index (χ1n) is 6.18. The van der Waals surface area contributed by atoms with Gasteiger partial charge in [0.2, 0.25) is 0 Å². The van der Waals surface area contributed by atoms with E-state index in [-0.39, 0.29) is 5.56 Å². The number of aromatic amines is 1. The number of halogens is 1. The van der Waals surface area contributed by atoms with Crippen molar-refractivity contribution in [2.24, 2.45) is 5.92 Å². The van der Waals surface area contributed by atoms with Crippen LogP contribution in [-0.2, 0) is 16.8 Å². The molecule has 0 aromatic carbocycles. The van der Waals surface area contributed by atoms with Gasteiger partial charge in [0.25, 0.3) is 5.56 Å². The molecular formula is C13H21IN2O2. The normalized spacial score (nSPS) is 14.8. The van der Waals surface area contributed by atoms with Crippen LogP contribution in [-0.4, -0.2) is 17.1 Å². The molecule has 5 heteroatoms. The van der Waals surface area contributed by atoms with Crippen LogP contribution in [0.5, 0.6) is 0 Å². The van der Waals surface area contributed by atoms with Crippen LogP contribution in [0.2, 0.25) is 0 Å². The molecule has 1 rings (SSSR count). The number of rotatable bonds is 5. The Labute approximate surface area is 122 Å². The minimum Gasteiger partial charge on any atom is -0.371 e. The summed E-state index contributed by atoms with van der Waals surface area (Å²) in [5.74, 6) is 1.09. The lowest BCUT2D eigenvalue weighted by Gasteiger charge is -2.26. The summed E-state index contributed by atoms with van der Waals surface area (Å²) in [7, 11) is 1.64. The summed E-state index contributed by atoms with van der Waals surface area (Å²) in [6.45, 7) is 8.20. The lowest BCUT2D eigenvalue weighted by atomic mass is 10.0. The largest absolute Gasteiger partial charge is 0.371 e. The van der Waals surface area contributed by atoms with Crippen molar-refractivity contribution in [2.75, 3.05) is 7.11 Å². The Morgan fingerprint density at radius 3 is 2.56 bits per heavy atom. The van der Waals surface area contributed by atoms with Gasteiger partial charge in [-0.2, -0.15) is 0 Å². The Hall–Kier alpha value is -0.430. The molecule has 0 spiro atoms. The van der Waals surface area contributed by atoms with Gasteiger partial charge in [-0.15, -0.1) is 0 Å². The molecule has 0 aliphatic carbocycles. The molecule has 0 amide bonds. The predicted molar refractivity (Wildman–Crippen MR) is 80.8 cm³/mol. The number of aromatic nitrogens is 2. The monoisotopic (exact) mass is 364 g/mol. The van der Waals surface area contributed by atoms with Gasteiger partial charge in [-0.25, -0.2) is 4.98 Å². The summed E-state index contributed by atoms with van der Waals surface area (Å²) in [4.78, 5) is 19.4. The summed E-state index contributed by atoms with van der Waals surface area (Å²) in [5, 5.41) is 0. The van der Waals surface area contributed by atoms with Crippen molar-refractivity contribution in [2.45, 2.75) is 46.1 Å². The van der Waals surface area contributed by atoms with E-state index in [9.17, 15) is 4.79 Å². The van der Waals surface area contributed by atoms with Crippen molar-refractivity contribution in [3.63, 3.8) is 0 Å². The van der Waals surface area contributed by atoms with Gasteiger partial charge in [0, 0.05) is 7.11 Å². The fraction of sp³-hybridized carbons (Fsp3) is 0.692. The van der Waals surface area contributed by atoms with Crippen molar-refractivity contribution in [3.8, 4) is 0 Å². The number of hydrogen-bond donors (Lipinski definition) is 1. The summed E-state index contributed by atoms with van der Waals surface area (Å²) in [5.41, 5.74) is 0.254. The lowest BCUT2D eigenvalue weighted by molar-refractivity contribution is -0.00942. The number of hydrogen-bond acceptors (Lipinski definition) is 3. The van der Waals surface area contributed by atoms with Gasteiger partial charge in [0.15, 0.2) is 0 Å². The van der Waals surface area contributed by atoms with Crippen molar-refractivity contribution in [3.05, 3.63) is 25.4 Å². The van der Waals surface area contributed by atoms with Crippen LogP contribution in [0.3, 0.4) is 0 Å². The molecule has 18 heavy (non-hydrogen) atoms. The number of nitrogens with one attached hydrogen (secondary N) is 1. The molecule has 4 nitrogen and oxygen atoms in total. The van der Waals surface area contributed by atoms with Crippen LogP contribution in [0.25, 0.3) is 0 Å². The molecule has 1 aromatic rings. The first-order valence-corrected chi connectivity index (χ1v) is 7.26. The van der Waals surface area contributed by atoms with E-state index in [2.05, 4.69) is 46.4 Å². The van der Waals surface area contributed by atoms with Crippen molar-refractivity contribution in [1.29, 1.82) is 0 Å². The van der Waals surface area contributed by atoms with Crippen molar-refractivity contribution >= 4 is 22.6 Å². The van der Waals surface area contributed by atoms with Crippen LogP contribution < -0.4 is 5.56 Å². The Balaban J connectivity index is 3.32. The molecule has 102 valence electrons. The van der Waals surface area contributed by atoms with Crippen LogP contribution in [0.4, 0.5) is 0 Å². The summed E-state index contributed by atoms with van der Waals surface area (Å²) < 4.78 is 6.17. The second kappa shape index (κ2) is 6.14. The highest BCUT2D eigenvalue weighted by Gasteiger charge is 2.28. The molecule has 0 aliphatic rings. The van der Waals surface area contributed by atoms with E-state index in [1.807, 2.05) is 13.8 Å². The Bertz CT molecular complexity index is 465. The number of H-pyrrole nitrogens is 1. The zero-order valence-electron chi connectivity index (χ0n) is 11.6. The van der Waals surface area contributed by atoms with E-state index >= 15 is 0 Å². The molecule has 1 heterocycles. The minimum absolute atomic E-state index is 0.0759. The van der Waals surface area contributed by atoms with Gasteiger partial charge in [0.05, 0.1) is 9.26 Å². The number of nitrogens with zero attached hydrogens (tertiary/aromatic N) is 1. The van der Waals surface area contributed by atoms with Gasteiger partial charge in [-0.05, 0) is 48.3 Å². The first-order chi connectivity index (χ1) is 8.34. The SMILES string of the molecule is CCC(C)(OC)c1nc(CC(C)C)c(I)c(=O)[nH]1. The highest BCUT2D eigenvalue weighted by Crippen LogP contribution is 2.25. The quantitative estimate of drug-likeness (QED) is 0.818. The Morgan fingerprint density at radius 1 is 1.50 bits per heavy atom. The van der Waals surface area contributed by atoms with E-state index in [0.717, 1.165) is 18.5 Å². The van der Waals surface area contributed by atoms with E-state index in [4.69, 9.17) is 4.74 Å². The molecule has 1 atom stereocenters. The Morgan fingerprint density at radius 2 is 2.11 bits per heavy atom. The van der Waals surface area contributed by atoms with E-state index in [1.54, 1.807) is 7.11 Å². The maximum absolute atomic E-state index is 12.0. The van der Waals surface area contributed by atoms with Crippen LogP contribution in [0.15, 0.2) is 4.79 Å². The smallest absolute Gasteiger partial charge is 0.264 e. The molecule has 0 fully saturated rings. The van der Waals surface area contributed by atoms with E-state index in [0.29, 0.717) is 15.3 Å². The second-order valence-corrected chi connectivity index (χ2v) is 6.14. The average molecular weight is 364 g/mol. The fourth-order valence-corrected chi connectivity index (χ4v) is 2.16. The summed E-state index contributed by atoms with van der Waals surface area (Å²) in [6, 6.07) is 0. The molecule has 1 unspecified atom stereocenters. The second-order valence-electron chi connectivity index (χ2n) is 5.06. The standard InChI is InChI=1S/C13H21IN2O2/c1-6-13(4,18-5)12-15-9(7-8(2)3)10(14)11(17)16-12/h8H,6-7H2,1-5H3,(H,15,16,17). The van der Waals surface area contributed by atoms with E-state index in [1.165, 1.54) is 0 Å². The summed E-state index contributed by atoms with van der Waals surface area (Å²) in [6.07, 6.45) is 1.56. The third-order valence-electron chi connectivity index (χ3n) is 3.16. The predicted octanol–water partition coefficient (Wildman–Crippen LogP) is 2.84. The van der Waals surface area contributed by atoms with E-state index < -0.39 is 5.60 Å². The van der Waals surface area contributed by atoms with Gasteiger partial charge < -0.3 is 9.72 Å². The fourth-order valence-electron chi connectivity index (χ4n) is 1.69. The van der Waals surface area contributed by atoms with Crippen LogP contribution in [0, 0.1) is 9.49 Å². The number of methoxy groups -OCH3 is 1. The third kappa shape index (κ3) is 3.32. The lowest BCUT2D eigenvalue weighted by Crippen LogP contribution is -2.31. The molecule has 0 bridgehead atoms. The minimum atomic E-state index is -0.533. The zero-order chi connectivity index (χ0) is 13.9. The highest BCUT2D eigenvalue weighted by atomic mass is 127. The Kier molecular flexibility index (Phi) is 5.33. The van der Waals surface area contributed by atoms with Gasteiger partial charge in [-0.1, -0.05) is 20.8 Å². The average Bonchev–Trinajstić information content (AvgIpc) is 2.33. The zero-order valence-corrected chi connectivity index (χ0v) is 13.8. The molecule has 0 saturated heterocycles. The molecule has 1 aromatic heterocycles. The topological polar surface area (TPSA) is 55.0 Å². The van der Waals surface area contributed by atoms with Crippen LogP contribution in [0.1, 0.15) is 45.6 Å². The van der Waals surface area contributed by atoms with Crippen LogP contribution >= 0.6 is 22.6 Å². The molecule has 1 N–H and O–H groups in total. The maximum Gasteiger partial charge on any atom is 0.264 e. The third-order valence-corrected chi connectivity index (χ3v) is 4.27. The summed E-state index contributed by atoms with van der Waals surface area (Å²) >= 11 is 2.06. The number of ether oxygens (including phenoxy) is 1. The highest BCUT2D eigenvalue weighted by molar-refractivity contribution is 14.1. The molecular weight excluding hydrogens is 343 g/mol. The maximum atomic E-state index is 12.0. The van der Waals surface area contributed by atoms with Gasteiger partial charge in [-0.3, -0.25) is 4.79 Å². The molecule has 0 aliphatic heterocycles. The van der Waals surface area contributed by atoms with Gasteiger partial charge in [0.1, 0.15) is 11.4 Å². The van der Waals surface area contributed by atoms with Crippen molar-refractivity contribution in [1.82, 2.24) is 9.97 Å². The molecule has 0 saturated carbocycles.